The monoisotopic (exact) mass is 451 g/mol. The maximum absolute atomic E-state index is 13.6. The van der Waals surface area contributed by atoms with Gasteiger partial charge in [-0.3, -0.25) is 0 Å². The molecule has 0 amide bonds. The molecule has 0 unspecified atom stereocenters. The summed E-state index contributed by atoms with van der Waals surface area (Å²) >= 11 is 0. The molecule has 3 aromatic rings. The van der Waals surface area contributed by atoms with E-state index in [0.29, 0.717) is 17.7 Å². The van der Waals surface area contributed by atoms with Crippen molar-refractivity contribution in [2.75, 3.05) is 18.5 Å². The summed E-state index contributed by atoms with van der Waals surface area (Å²) in [6.07, 6.45) is 15.7. The van der Waals surface area contributed by atoms with Gasteiger partial charge in [-0.2, -0.15) is 0 Å². The third-order valence-corrected chi connectivity index (χ3v) is 5.99. The minimum absolute atomic E-state index is 0.284. The highest BCUT2D eigenvalue weighted by molar-refractivity contribution is 5.88. The van der Waals surface area contributed by atoms with Crippen LogP contribution in [0.4, 0.5) is 10.2 Å². The number of benzene rings is 2. The predicted molar refractivity (Wildman–Crippen MR) is 135 cm³/mol. The van der Waals surface area contributed by atoms with Gasteiger partial charge >= 0.3 is 0 Å². The van der Waals surface area contributed by atoms with Crippen molar-refractivity contribution in [1.29, 1.82) is 0 Å². The van der Waals surface area contributed by atoms with Gasteiger partial charge in [-0.05, 0) is 48.7 Å². The first-order chi connectivity index (χ1) is 16.3. The quantitative estimate of drug-likeness (QED) is 0.226. The number of rotatable bonds is 16. The molecule has 1 N–H and O–H groups in total. The third kappa shape index (κ3) is 8.99. The van der Waals surface area contributed by atoms with E-state index in [-0.39, 0.29) is 5.82 Å². The van der Waals surface area contributed by atoms with Gasteiger partial charge in [0.2, 0.25) is 0 Å². The highest BCUT2D eigenvalue weighted by Crippen LogP contribution is 2.20. The molecule has 0 aliphatic rings. The van der Waals surface area contributed by atoms with Crippen LogP contribution in [0.1, 0.15) is 76.7 Å². The summed E-state index contributed by atoms with van der Waals surface area (Å²) < 4.78 is 19.5. The van der Waals surface area contributed by atoms with Crippen LogP contribution in [0.15, 0.2) is 48.8 Å². The maximum atomic E-state index is 13.6. The molecular weight excluding hydrogens is 413 g/mol. The van der Waals surface area contributed by atoms with Gasteiger partial charge in [0.25, 0.3) is 0 Å². The highest BCUT2D eigenvalue weighted by Gasteiger charge is 2.05. The van der Waals surface area contributed by atoms with Crippen molar-refractivity contribution in [2.24, 2.45) is 0 Å². The summed E-state index contributed by atoms with van der Waals surface area (Å²) in [5.41, 5.74) is 1.95. The van der Waals surface area contributed by atoms with Gasteiger partial charge in [0.05, 0.1) is 12.1 Å². The SMILES string of the molecule is CCCCCCCCCCCCOc1ccc(CCNc2ncnc3ccc(F)cc23)cc1. The number of anilines is 1. The zero-order chi connectivity index (χ0) is 23.1. The Hall–Kier alpha value is -2.69. The molecule has 0 atom stereocenters. The smallest absolute Gasteiger partial charge is 0.137 e. The average Bonchev–Trinajstić information content (AvgIpc) is 2.83. The molecule has 0 aliphatic carbocycles. The number of ether oxygens (including phenoxy) is 1. The van der Waals surface area contributed by atoms with Gasteiger partial charge in [0.1, 0.15) is 23.7 Å². The Balaban J connectivity index is 1.28. The van der Waals surface area contributed by atoms with E-state index < -0.39 is 0 Å². The minimum Gasteiger partial charge on any atom is -0.494 e. The zero-order valence-electron chi connectivity index (χ0n) is 20.0. The van der Waals surface area contributed by atoms with Crippen molar-refractivity contribution in [3.05, 3.63) is 60.2 Å². The molecule has 0 aliphatic heterocycles. The molecule has 2 aromatic carbocycles. The number of fused-ring (bicyclic) bond motifs is 1. The molecule has 0 spiro atoms. The van der Waals surface area contributed by atoms with Crippen molar-refractivity contribution in [3.8, 4) is 5.75 Å². The van der Waals surface area contributed by atoms with Gasteiger partial charge in [-0.15, -0.1) is 0 Å². The summed E-state index contributed by atoms with van der Waals surface area (Å²) in [6.45, 7) is 3.76. The molecule has 4 nitrogen and oxygen atoms in total. The van der Waals surface area contributed by atoms with E-state index in [2.05, 4.69) is 34.3 Å². The number of halogens is 1. The summed E-state index contributed by atoms with van der Waals surface area (Å²) in [7, 11) is 0. The van der Waals surface area contributed by atoms with Crippen LogP contribution in [0.3, 0.4) is 0 Å². The minimum atomic E-state index is -0.284. The topological polar surface area (TPSA) is 47.0 Å². The second-order valence-electron chi connectivity index (χ2n) is 8.73. The Morgan fingerprint density at radius 1 is 0.818 bits per heavy atom. The zero-order valence-corrected chi connectivity index (χ0v) is 20.0. The number of aromatic nitrogens is 2. The fraction of sp³-hybridized carbons (Fsp3) is 0.500. The Kier molecular flexibility index (Phi) is 10.9. The van der Waals surface area contributed by atoms with Crippen molar-refractivity contribution in [1.82, 2.24) is 9.97 Å². The molecular formula is C28H38FN3O. The first-order valence-corrected chi connectivity index (χ1v) is 12.6. The first-order valence-electron chi connectivity index (χ1n) is 12.6. The van der Waals surface area contributed by atoms with E-state index in [1.54, 1.807) is 6.07 Å². The van der Waals surface area contributed by atoms with Crippen molar-refractivity contribution >= 4 is 16.7 Å². The molecule has 0 radical (unpaired) electrons. The van der Waals surface area contributed by atoms with E-state index in [4.69, 9.17) is 4.74 Å². The van der Waals surface area contributed by atoms with Crippen LogP contribution in [0.2, 0.25) is 0 Å². The van der Waals surface area contributed by atoms with E-state index in [0.717, 1.165) is 30.7 Å². The average molecular weight is 452 g/mol. The fourth-order valence-electron chi connectivity index (χ4n) is 4.03. The summed E-state index contributed by atoms with van der Waals surface area (Å²) in [6, 6.07) is 12.9. The van der Waals surface area contributed by atoms with Crippen molar-refractivity contribution in [3.63, 3.8) is 0 Å². The van der Waals surface area contributed by atoms with Gasteiger partial charge in [0, 0.05) is 11.9 Å². The normalized spacial score (nSPS) is 11.1. The van der Waals surface area contributed by atoms with Gasteiger partial charge in [0.15, 0.2) is 0 Å². The molecule has 33 heavy (non-hydrogen) atoms. The second-order valence-corrected chi connectivity index (χ2v) is 8.73. The van der Waals surface area contributed by atoms with Crippen LogP contribution in [0, 0.1) is 5.82 Å². The lowest BCUT2D eigenvalue weighted by molar-refractivity contribution is 0.304. The number of hydrogen-bond acceptors (Lipinski definition) is 4. The molecule has 0 saturated heterocycles. The van der Waals surface area contributed by atoms with Crippen molar-refractivity contribution in [2.45, 2.75) is 77.6 Å². The number of nitrogens with zero attached hydrogens (tertiary/aromatic N) is 2. The van der Waals surface area contributed by atoms with Crippen molar-refractivity contribution < 1.29 is 9.13 Å². The number of nitrogens with one attached hydrogen (secondary N) is 1. The molecule has 0 fully saturated rings. The standard InChI is InChI=1S/C28H38FN3O/c1-2-3-4-5-6-7-8-9-10-11-20-33-25-15-12-23(13-16-25)18-19-30-28-26-21-24(29)14-17-27(26)31-22-32-28/h12-17,21-22H,2-11,18-20H2,1H3,(H,30,31,32). The van der Waals surface area contributed by atoms with E-state index >= 15 is 0 Å². The number of unbranched alkanes of at least 4 members (excludes halogenated alkanes) is 9. The molecule has 3 rings (SSSR count). The third-order valence-electron chi connectivity index (χ3n) is 5.99. The van der Waals surface area contributed by atoms with Crippen LogP contribution < -0.4 is 10.1 Å². The largest absolute Gasteiger partial charge is 0.494 e. The molecule has 178 valence electrons. The van der Waals surface area contributed by atoms with Crippen LogP contribution in [0.5, 0.6) is 5.75 Å². The van der Waals surface area contributed by atoms with E-state index in [1.807, 2.05) is 12.1 Å². The van der Waals surface area contributed by atoms with E-state index in [9.17, 15) is 4.39 Å². The lowest BCUT2D eigenvalue weighted by Crippen LogP contribution is -2.07. The van der Waals surface area contributed by atoms with Crippen LogP contribution >= 0.6 is 0 Å². The summed E-state index contributed by atoms with van der Waals surface area (Å²) in [5.74, 6) is 1.31. The molecule has 0 saturated carbocycles. The van der Waals surface area contributed by atoms with Crippen LogP contribution in [0.25, 0.3) is 10.9 Å². The van der Waals surface area contributed by atoms with Gasteiger partial charge < -0.3 is 10.1 Å². The maximum Gasteiger partial charge on any atom is 0.137 e. The number of hydrogen-bond donors (Lipinski definition) is 1. The van der Waals surface area contributed by atoms with E-state index in [1.165, 1.54) is 81.8 Å². The van der Waals surface area contributed by atoms with Gasteiger partial charge in [-0.1, -0.05) is 76.8 Å². The fourth-order valence-corrected chi connectivity index (χ4v) is 4.03. The molecule has 0 bridgehead atoms. The van der Waals surface area contributed by atoms with Crippen LogP contribution in [-0.2, 0) is 6.42 Å². The lowest BCUT2D eigenvalue weighted by Gasteiger charge is -2.10. The van der Waals surface area contributed by atoms with Gasteiger partial charge in [-0.25, -0.2) is 14.4 Å². The highest BCUT2D eigenvalue weighted by atomic mass is 19.1. The van der Waals surface area contributed by atoms with Crippen LogP contribution in [-0.4, -0.2) is 23.1 Å². The Morgan fingerprint density at radius 3 is 2.24 bits per heavy atom. The lowest BCUT2D eigenvalue weighted by atomic mass is 10.1. The summed E-state index contributed by atoms with van der Waals surface area (Å²) in [4.78, 5) is 8.45. The first kappa shape index (κ1) is 24.9. The predicted octanol–water partition coefficient (Wildman–Crippen LogP) is 7.72. The second kappa shape index (κ2) is 14.5. The Labute approximate surface area is 198 Å². The molecule has 1 heterocycles. The Bertz CT molecular complexity index is 946. The molecule has 1 aromatic heterocycles. The Morgan fingerprint density at radius 2 is 1.52 bits per heavy atom. The summed E-state index contributed by atoms with van der Waals surface area (Å²) in [5, 5.41) is 4.01. The molecule has 5 heteroatoms.